The highest BCUT2D eigenvalue weighted by molar-refractivity contribution is 5.84. The third-order valence-electron chi connectivity index (χ3n) is 2.87. The Morgan fingerprint density at radius 2 is 1.94 bits per heavy atom. The number of hydrogen-bond acceptors (Lipinski definition) is 4. The van der Waals surface area contributed by atoms with E-state index in [-0.39, 0.29) is 11.3 Å². The van der Waals surface area contributed by atoms with Gasteiger partial charge in [0.1, 0.15) is 6.04 Å². The summed E-state index contributed by atoms with van der Waals surface area (Å²) in [5.41, 5.74) is 5.57. The molecule has 5 nitrogen and oxygen atoms in total. The second-order valence-corrected chi connectivity index (χ2v) is 5.24. The van der Waals surface area contributed by atoms with E-state index < -0.39 is 12.0 Å². The topological polar surface area (TPSA) is 81.4 Å². The van der Waals surface area contributed by atoms with Crippen LogP contribution in [0.15, 0.2) is 0 Å². The van der Waals surface area contributed by atoms with E-state index in [4.69, 9.17) is 10.5 Å². The highest BCUT2D eigenvalue weighted by Crippen LogP contribution is 2.25. The summed E-state index contributed by atoms with van der Waals surface area (Å²) in [6.45, 7) is 8.48. The molecule has 0 heterocycles. The molecule has 5 heteroatoms. The molecular weight excluding hydrogens is 232 g/mol. The van der Waals surface area contributed by atoms with Gasteiger partial charge >= 0.3 is 5.97 Å². The molecule has 0 saturated heterocycles. The summed E-state index contributed by atoms with van der Waals surface area (Å²) >= 11 is 0. The van der Waals surface area contributed by atoms with Crippen molar-refractivity contribution in [3.63, 3.8) is 0 Å². The molecule has 0 aromatic carbocycles. The summed E-state index contributed by atoms with van der Waals surface area (Å²) in [4.78, 5) is 23.0. The molecule has 0 aliphatic rings. The second kappa shape index (κ2) is 8.08. The van der Waals surface area contributed by atoms with Gasteiger partial charge in [-0.15, -0.1) is 0 Å². The molecule has 0 radical (unpaired) electrons. The number of hydrogen-bond donors (Lipinski definition) is 2. The zero-order chi connectivity index (χ0) is 14.2. The SMILES string of the molecule is CCOC(=O)C(C)NC(=O)CCC(C)(C)CCN. The standard InChI is InChI=1S/C13H26N2O3/c1-5-18-12(17)10(2)15-11(16)6-7-13(3,4)8-9-14/h10H,5-9,14H2,1-4H3,(H,15,16). The van der Waals surface area contributed by atoms with Gasteiger partial charge in [0.15, 0.2) is 0 Å². The molecule has 0 saturated carbocycles. The zero-order valence-corrected chi connectivity index (χ0v) is 11.9. The van der Waals surface area contributed by atoms with E-state index in [0.29, 0.717) is 19.6 Å². The van der Waals surface area contributed by atoms with E-state index in [9.17, 15) is 9.59 Å². The molecule has 106 valence electrons. The van der Waals surface area contributed by atoms with E-state index in [1.54, 1.807) is 13.8 Å². The maximum absolute atomic E-state index is 11.7. The molecule has 0 aliphatic heterocycles. The molecule has 1 amide bonds. The van der Waals surface area contributed by atoms with Gasteiger partial charge < -0.3 is 15.8 Å². The minimum absolute atomic E-state index is 0.0548. The predicted octanol–water partition coefficient (Wildman–Crippen LogP) is 1.21. The molecule has 1 unspecified atom stereocenters. The normalized spacial score (nSPS) is 12.9. The van der Waals surface area contributed by atoms with Gasteiger partial charge in [0.05, 0.1) is 6.61 Å². The number of esters is 1. The first-order valence-corrected chi connectivity index (χ1v) is 6.48. The van der Waals surface area contributed by atoms with E-state index in [1.165, 1.54) is 0 Å². The molecule has 3 N–H and O–H groups in total. The Morgan fingerprint density at radius 3 is 2.44 bits per heavy atom. The molecule has 0 aliphatic carbocycles. The predicted molar refractivity (Wildman–Crippen MR) is 70.9 cm³/mol. The summed E-state index contributed by atoms with van der Waals surface area (Å²) < 4.78 is 4.82. The third-order valence-corrected chi connectivity index (χ3v) is 2.87. The van der Waals surface area contributed by atoms with E-state index in [2.05, 4.69) is 19.2 Å². The molecule has 0 rings (SSSR count). The molecule has 0 bridgehead atoms. The Balaban J connectivity index is 4.01. The number of nitrogens with two attached hydrogens (primary N) is 1. The van der Waals surface area contributed by atoms with Crippen molar-refractivity contribution >= 4 is 11.9 Å². The zero-order valence-electron chi connectivity index (χ0n) is 11.9. The Hall–Kier alpha value is -1.10. The number of carbonyl (C=O) groups is 2. The molecule has 18 heavy (non-hydrogen) atoms. The third kappa shape index (κ3) is 7.27. The van der Waals surface area contributed by atoms with Crippen LogP contribution >= 0.6 is 0 Å². The smallest absolute Gasteiger partial charge is 0.328 e. The van der Waals surface area contributed by atoms with Crippen LogP contribution in [0.1, 0.15) is 47.0 Å². The Bertz CT molecular complexity index is 277. The van der Waals surface area contributed by atoms with Gasteiger partial charge in [0.25, 0.3) is 0 Å². The fourth-order valence-electron chi connectivity index (χ4n) is 1.61. The van der Waals surface area contributed by atoms with Gasteiger partial charge in [-0.25, -0.2) is 4.79 Å². The van der Waals surface area contributed by atoms with Crippen LogP contribution in [0.3, 0.4) is 0 Å². The van der Waals surface area contributed by atoms with Crippen molar-refractivity contribution in [1.82, 2.24) is 5.32 Å². The summed E-state index contributed by atoms with van der Waals surface area (Å²) in [5, 5.41) is 2.63. The van der Waals surface area contributed by atoms with Crippen molar-refractivity contribution in [1.29, 1.82) is 0 Å². The van der Waals surface area contributed by atoms with E-state index in [1.807, 2.05) is 0 Å². The summed E-state index contributed by atoms with van der Waals surface area (Å²) in [6.07, 6.45) is 2.04. The summed E-state index contributed by atoms with van der Waals surface area (Å²) in [7, 11) is 0. The van der Waals surface area contributed by atoms with Crippen molar-refractivity contribution < 1.29 is 14.3 Å². The number of rotatable bonds is 8. The first kappa shape index (κ1) is 16.9. The lowest BCUT2D eigenvalue weighted by molar-refractivity contribution is -0.146. The van der Waals surface area contributed by atoms with Gasteiger partial charge in [-0.2, -0.15) is 0 Å². The molecular formula is C13H26N2O3. The van der Waals surface area contributed by atoms with Crippen molar-refractivity contribution in [2.75, 3.05) is 13.2 Å². The minimum atomic E-state index is -0.588. The van der Waals surface area contributed by atoms with Crippen LogP contribution in [0.25, 0.3) is 0 Å². The van der Waals surface area contributed by atoms with E-state index >= 15 is 0 Å². The van der Waals surface area contributed by atoms with Crippen molar-refractivity contribution in [2.45, 2.75) is 53.0 Å². The molecule has 1 atom stereocenters. The quantitative estimate of drug-likeness (QED) is 0.641. The van der Waals surface area contributed by atoms with E-state index in [0.717, 1.165) is 12.8 Å². The van der Waals surface area contributed by atoms with Crippen molar-refractivity contribution in [3.8, 4) is 0 Å². The number of ether oxygens (including phenoxy) is 1. The lowest BCUT2D eigenvalue weighted by Gasteiger charge is -2.23. The van der Waals surface area contributed by atoms with Gasteiger partial charge in [0.2, 0.25) is 5.91 Å². The number of amides is 1. The van der Waals surface area contributed by atoms with Crippen LogP contribution < -0.4 is 11.1 Å². The molecule has 0 aromatic heterocycles. The molecule has 0 spiro atoms. The van der Waals surface area contributed by atoms with Gasteiger partial charge in [0, 0.05) is 6.42 Å². The minimum Gasteiger partial charge on any atom is -0.464 e. The lowest BCUT2D eigenvalue weighted by Crippen LogP contribution is -2.39. The van der Waals surface area contributed by atoms with Gasteiger partial charge in [-0.1, -0.05) is 13.8 Å². The fourth-order valence-corrected chi connectivity index (χ4v) is 1.61. The summed E-state index contributed by atoms with van der Waals surface area (Å²) in [6, 6.07) is -0.588. The lowest BCUT2D eigenvalue weighted by atomic mass is 9.84. The van der Waals surface area contributed by atoms with Crippen molar-refractivity contribution in [2.24, 2.45) is 11.1 Å². The van der Waals surface area contributed by atoms with Crippen LogP contribution in [-0.2, 0) is 14.3 Å². The maximum atomic E-state index is 11.7. The van der Waals surface area contributed by atoms with Crippen LogP contribution in [0.2, 0.25) is 0 Å². The highest BCUT2D eigenvalue weighted by Gasteiger charge is 2.20. The average molecular weight is 258 g/mol. The number of carbonyl (C=O) groups excluding carboxylic acids is 2. The Kier molecular flexibility index (Phi) is 7.59. The Labute approximate surface area is 109 Å². The van der Waals surface area contributed by atoms with Crippen LogP contribution in [0.4, 0.5) is 0 Å². The highest BCUT2D eigenvalue weighted by atomic mass is 16.5. The average Bonchev–Trinajstić information content (AvgIpc) is 2.27. The molecule has 0 aromatic rings. The summed E-state index contributed by atoms with van der Waals surface area (Å²) in [5.74, 6) is -0.521. The van der Waals surface area contributed by atoms with Crippen molar-refractivity contribution in [3.05, 3.63) is 0 Å². The second-order valence-electron chi connectivity index (χ2n) is 5.24. The Morgan fingerprint density at radius 1 is 1.33 bits per heavy atom. The fraction of sp³-hybridized carbons (Fsp3) is 0.846. The first-order valence-electron chi connectivity index (χ1n) is 6.48. The largest absolute Gasteiger partial charge is 0.464 e. The first-order chi connectivity index (χ1) is 8.32. The van der Waals surface area contributed by atoms with Gasteiger partial charge in [-0.3, -0.25) is 4.79 Å². The van der Waals surface area contributed by atoms with Gasteiger partial charge in [-0.05, 0) is 38.6 Å². The van der Waals surface area contributed by atoms with Crippen LogP contribution in [0.5, 0.6) is 0 Å². The van der Waals surface area contributed by atoms with Crippen LogP contribution in [-0.4, -0.2) is 31.1 Å². The monoisotopic (exact) mass is 258 g/mol. The number of nitrogens with one attached hydrogen (secondary N) is 1. The molecule has 0 fully saturated rings. The van der Waals surface area contributed by atoms with Crippen LogP contribution in [0, 0.1) is 5.41 Å². The maximum Gasteiger partial charge on any atom is 0.328 e.